The van der Waals surface area contributed by atoms with Gasteiger partial charge in [0, 0.05) is 17.3 Å². The Morgan fingerprint density at radius 2 is 2.38 bits per heavy atom. The fourth-order valence-electron chi connectivity index (χ4n) is 1.03. The predicted molar refractivity (Wildman–Crippen MR) is 56.2 cm³/mol. The Morgan fingerprint density at radius 1 is 1.69 bits per heavy atom. The lowest BCUT2D eigenvalue weighted by atomic mass is 10.1. The molecular weight excluding hydrogens is 206 g/mol. The van der Waals surface area contributed by atoms with Crippen LogP contribution >= 0.6 is 22.9 Å². The summed E-state index contributed by atoms with van der Waals surface area (Å²) in [5, 5.41) is 0. The van der Waals surface area contributed by atoms with Gasteiger partial charge < -0.3 is 10.5 Å². The van der Waals surface area contributed by atoms with Crippen molar-refractivity contribution >= 4 is 28.7 Å². The second-order valence-electron chi connectivity index (χ2n) is 2.99. The van der Waals surface area contributed by atoms with Gasteiger partial charge in [-0.1, -0.05) is 11.6 Å². The summed E-state index contributed by atoms with van der Waals surface area (Å²) in [4.78, 5) is 11.8. The molecule has 0 aliphatic carbocycles. The third-order valence-electron chi connectivity index (χ3n) is 1.77. The predicted octanol–water partition coefficient (Wildman–Crippen LogP) is 2.77. The maximum absolute atomic E-state index is 10.7. The number of Topliss-reactive ketones (excluding diaryl/α,β-unsaturated/α-hetero) is 1. The normalized spacial score (nSPS) is 12.8. The lowest BCUT2D eigenvalue weighted by molar-refractivity contribution is -0.117. The van der Waals surface area contributed by atoms with Gasteiger partial charge in [0.1, 0.15) is 5.78 Å². The smallest absolute Gasteiger partial charge is 0.129 e. The van der Waals surface area contributed by atoms with Crippen LogP contribution in [0.15, 0.2) is 12.1 Å². The van der Waals surface area contributed by atoms with Gasteiger partial charge in [-0.05, 0) is 25.5 Å². The summed E-state index contributed by atoms with van der Waals surface area (Å²) in [5.41, 5.74) is 5.86. The van der Waals surface area contributed by atoms with E-state index in [0.717, 1.165) is 9.21 Å². The summed E-state index contributed by atoms with van der Waals surface area (Å²) >= 11 is 7.24. The van der Waals surface area contributed by atoms with Gasteiger partial charge in [0.25, 0.3) is 0 Å². The van der Waals surface area contributed by atoms with Crippen LogP contribution in [-0.4, -0.2) is 5.78 Å². The van der Waals surface area contributed by atoms with Crippen molar-refractivity contribution in [2.24, 2.45) is 5.73 Å². The molecule has 0 aliphatic rings. The Balaban J connectivity index is 2.48. The first-order valence-electron chi connectivity index (χ1n) is 4.10. The van der Waals surface area contributed by atoms with Crippen molar-refractivity contribution in [2.45, 2.75) is 25.8 Å². The molecule has 1 atom stereocenters. The van der Waals surface area contributed by atoms with Crippen LogP contribution in [0, 0.1) is 0 Å². The topological polar surface area (TPSA) is 43.1 Å². The first kappa shape index (κ1) is 10.7. The molecule has 1 heterocycles. The van der Waals surface area contributed by atoms with E-state index in [2.05, 4.69) is 0 Å². The Hall–Kier alpha value is -0.380. The highest BCUT2D eigenvalue weighted by Crippen LogP contribution is 2.27. The average molecular weight is 218 g/mol. The van der Waals surface area contributed by atoms with E-state index in [1.165, 1.54) is 11.3 Å². The van der Waals surface area contributed by atoms with Crippen molar-refractivity contribution in [3.8, 4) is 0 Å². The van der Waals surface area contributed by atoms with E-state index >= 15 is 0 Å². The standard InChI is InChI=1S/C9H12ClNOS/c1-6(12)2-3-7(11)8-4-5-9(10)13-8/h4-5,7H,2-3,11H2,1H3. The molecule has 0 spiro atoms. The summed E-state index contributed by atoms with van der Waals surface area (Å²) in [6.45, 7) is 1.58. The van der Waals surface area contributed by atoms with Gasteiger partial charge in [0.15, 0.2) is 0 Å². The van der Waals surface area contributed by atoms with Crippen molar-refractivity contribution in [3.63, 3.8) is 0 Å². The van der Waals surface area contributed by atoms with Crippen LogP contribution in [0.1, 0.15) is 30.7 Å². The maximum Gasteiger partial charge on any atom is 0.129 e. The number of ketones is 1. The largest absolute Gasteiger partial charge is 0.323 e. The molecule has 4 heteroatoms. The fraction of sp³-hybridized carbons (Fsp3) is 0.444. The van der Waals surface area contributed by atoms with E-state index in [-0.39, 0.29) is 11.8 Å². The zero-order chi connectivity index (χ0) is 9.84. The summed E-state index contributed by atoms with van der Waals surface area (Å²) in [6, 6.07) is 3.69. The molecule has 0 saturated heterocycles. The minimum atomic E-state index is -0.0543. The van der Waals surface area contributed by atoms with E-state index in [9.17, 15) is 4.79 Å². The number of hydrogen-bond donors (Lipinski definition) is 1. The van der Waals surface area contributed by atoms with E-state index in [1.54, 1.807) is 6.92 Å². The Labute approximate surface area is 86.7 Å². The van der Waals surface area contributed by atoms with Crippen molar-refractivity contribution in [1.29, 1.82) is 0 Å². The Bertz CT molecular complexity index is 298. The minimum Gasteiger partial charge on any atom is -0.323 e. The summed E-state index contributed by atoms with van der Waals surface area (Å²) < 4.78 is 0.744. The molecule has 2 nitrogen and oxygen atoms in total. The summed E-state index contributed by atoms with van der Waals surface area (Å²) in [7, 11) is 0. The van der Waals surface area contributed by atoms with Crippen LogP contribution < -0.4 is 5.73 Å². The molecule has 0 amide bonds. The van der Waals surface area contributed by atoms with Gasteiger partial charge in [-0.15, -0.1) is 11.3 Å². The number of thiophene rings is 1. The Kier molecular flexibility index (Phi) is 3.90. The molecular formula is C9H12ClNOS. The number of rotatable bonds is 4. The van der Waals surface area contributed by atoms with Gasteiger partial charge in [-0.3, -0.25) is 0 Å². The molecule has 1 aromatic heterocycles. The molecule has 2 N–H and O–H groups in total. The molecule has 0 aliphatic heterocycles. The van der Waals surface area contributed by atoms with Crippen LogP contribution in [-0.2, 0) is 4.79 Å². The summed E-state index contributed by atoms with van der Waals surface area (Å²) in [5.74, 6) is 0.179. The minimum absolute atomic E-state index is 0.0543. The molecule has 0 saturated carbocycles. The van der Waals surface area contributed by atoms with E-state index < -0.39 is 0 Å². The highest BCUT2D eigenvalue weighted by molar-refractivity contribution is 7.16. The molecule has 1 aromatic rings. The van der Waals surface area contributed by atoms with Crippen LogP contribution in [0.2, 0.25) is 4.34 Å². The van der Waals surface area contributed by atoms with E-state index in [1.807, 2.05) is 12.1 Å². The van der Waals surface area contributed by atoms with E-state index in [4.69, 9.17) is 17.3 Å². The number of nitrogens with two attached hydrogens (primary N) is 1. The molecule has 1 rings (SSSR count). The van der Waals surface area contributed by atoms with Gasteiger partial charge in [-0.25, -0.2) is 0 Å². The number of hydrogen-bond acceptors (Lipinski definition) is 3. The second-order valence-corrected chi connectivity index (χ2v) is 4.74. The van der Waals surface area contributed by atoms with Gasteiger partial charge in [0.05, 0.1) is 4.34 Å². The van der Waals surface area contributed by atoms with Crippen molar-refractivity contribution < 1.29 is 4.79 Å². The van der Waals surface area contributed by atoms with Crippen LogP contribution in [0.4, 0.5) is 0 Å². The molecule has 1 unspecified atom stereocenters. The third kappa shape index (κ3) is 3.46. The molecule has 13 heavy (non-hydrogen) atoms. The van der Waals surface area contributed by atoms with Crippen LogP contribution in [0.3, 0.4) is 0 Å². The lowest BCUT2D eigenvalue weighted by Crippen LogP contribution is -2.09. The highest BCUT2D eigenvalue weighted by atomic mass is 35.5. The van der Waals surface area contributed by atoms with Crippen LogP contribution in [0.5, 0.6) is 0 Å². The zero-order valence-electron chi connectivity index (χ0n) is 7.42. The zero-order valence-corrected chi connectivity index (χ0v) is 8.99. The van der Waals surface area contributed by atoms with Crippen molar-refractivity contribution in [1.82, 2.24) is 0 Å². The van der Waals surface area contributed by atoms with Gasteiger partial charge in [0.2, 0.25) is 0 Å². The fourth-order valence-corrected chi connectivity index (χ4v) is 2.13. The molecule has 0 radical (unpaired) electrons. The third-order valence-corrected chi connectivity index (χ3v) is 3.13. The second kappa shape index (κ2) is 4.74. The van der Waals surface area contributed by atoms with Gasteiger partial charge >= 0.3 is 0 Å². The Morgan fingerprint density at radius 3 is 2.85 bits per heavy atom. The molecule has 72 valence electrons. The SMILES string of the molecule is CC(=O)CCC(N)c1ccc(Cl)s1. The number of carbonyl (C=O) groups is 1. The van der Waals surface area contributed by atoms with Gasteiger partial charge in [-0.2, -0.15) is 0 Å². The number of halogens is 1. The first-order valence-corrected chi connectivity index (χ1v) is 5.29. The highest BCUT2D eigenvalue weighted by Gasteiger charge is 2.09. The average Bonchev–Trinajstić information content (AvgIpc) is 2.47. The molecule has 0 fully saturated rings. The quantitative estimate of drug-likeness (QED) is 0.843. The van der Waals surface area contributed by atoms with Crippen molar-refractivity contribution in [2.75, 3.05) is 0 Å². The monoisotopic (exact) mass is 217 g/mol. The van der Waals surface area contributed by atoms with Crippen molar-refractivity contribution in [3.05, 3.63) is 21.3 Å². The summed E-state index contributed by atoms with van der Waals surface area (Å²) in [6.07, 6.45) is 1.24. The maximum atomic E-state index is 10.7. The molecule has 0 aromatic carbocycles. The molecule has 0 bridgehead atoms. The van der Waals surface area contributed by atoms with E-state index in [0.29, 0.717) is 12.8 Å². The number of carbonyl (C=O) groups excluding carboxylic acids is 1. The first-order chi connectivity index (χ1) is 6.09. The lowest BCUT2D eigenvalue weighted by Gasteiger charge is -2.06. The van der Waals surface area contributed by atoms with Crippen LogP contribution in [0.25, 0.3) is 0 Å².